The molecule has 1 unspecified atom stereocenters. The Morgan fingerprint density at radius 2 is 1.17 bits per heavy atom. The molecule has 144 valence electrons. The predicted octanol–water partition coefficient (Wildman–Crippen LogP) is 4.03. The van der Waals surface area contributed by atoms with Gasteiger partial charge in [0.1, 0.15) is 0 Å². The fourth-order valence-corrected chi connectivity index (χ4v) is 2.62. The summed E-state index contributed by atoms with van der Waals surface area (Å²) in [6.45, 7) is 3.48. The molecule has 0 aliphatic rings. The normalized spacial score (nSPS) is 13.0. The van der Waals surface area contributed by atoms with Gasteiger partial charge >= 0.3 is 11.9 Å². The number of ether oxygens (including phenoxy) is 1. The van der Waals surface area contributed by atoms with Gasteiger partial charge in [-0.05, 0) is 13.3 Å². The van der Waals surface area contributed by atoms with Crippen molar-refractivity contribution in [2.24, 2.45) is 0 Å². The summed E-state index contributed by atoms with van der Waals surface area (Å²) in [6.07, 6.45) is 15.0. The van der Waals surface area contributed by atoms with E-state index in [1.165, 1.54) is 71.1 Å². The Hall–Kier alpha value is -0.650. The lowest BCUT2D eigenvalue weighted by Crippen LogP contribution is -2.42. The van der Waals surface area contributed by atoms with E-state index in [0.29, 0.717) is 0 Å². The standard InChI is InChI=1S/C19H38O5/c1-3-4-5-6-7-8-9-10-11-12-13-14-15-16-18(20)24-17(2)19(21,22)23/h17,21-23H,3-16H2,1-2H3. The molecule has 0 saturated heterocycles. The maximum Gasteiger partial charge on any atom is 0.314 e. The van der Waals surface area contributed by atoms with Gasteiger partial charge < -0.3 is 20.1 Å². The molecule has 24 heavy (non-hydrogen) atoms. The molecule has 0 aromatic heterocycles. The van der Waals surface area contributed by atoms with E-state index in [1.807, 2.05) is 0 Å². The van der Waals surface area contributed by atoms with Crippen LogP contribution < -0.4 is 0 Å². The van der Waals surface area contributed by atoms with Crippen molar-refractivity contribution >= 4 is 5.97 Å². The SMILES string of the molecule is CCCCCCCCCCCCCCCC(=O)OC(C)C(O)(O)O. The number of hydrogen-bond donors (Lipinski definition) is 3. The lowest BCUT2D eigenvalue weighted by molar-refractivity contribution is -0.352. The lowest BCUT2D eigenvalue weighted by atomic mass is 10.0. The zero-order valence-corrected chi connectivity index (χ0v) is 15.6. The van der Waals surface area contributed by atoms with E-state index in [-0.39, 0.29) is 6.42 Å². The van der Waals surface area contributed by atoms with E-state index < -0.39 is 18.0 Å². The molecule has 0 saturated carbocycles. The van der Waals surface area contributed by atoms with Gasteiger partial charge in [0.15, 0.2) is 6.10 Å². The largest absolute Gasteiger partial charge is 0.454 e. The molecule has 0 rings (SSSR count). The summed E-state index contributed by atoms with van der Waals surface area (Å²) in [5.74, 6) is -3.47. The first kappa shape index (κ1) is 23.4. The van der Waals surface area contributed by atoms with E-state index in [9.17, 15) is 4.79 Å². The highest BCUT2D eigenvalue weighted by atomic mass is 16.7. The topological polar surface area (TPSA) is 87.0 Å². The molecule has 0 fully saturated rings. The van der Waals surface area contributed by atoms with Crippen LogP contribution in [0.4, 0.5) is 0 Å². The number of rotatable bonds is 16. The highest BCUT2D eigenvalue weighted by molar-refractivity contribution is 5.69. The minimum Gasteiger partial charge on any atom is -0.454 e. The minimum atomic E-state index is -2.97. The van der Waals surface area contributed by atoms with Crippen LogP contribution in [-0.4, -0.2) is 33.4 Å². The maximum absolute atomic E-state index is 11.4. The molecule has 0 amide bonds. The molecule has 0 bridgehead atoms. The van der Waals surface area contributed by atoms with Gasteiger partial charge in [-0.3, -0.25) is 4.79 Å². The molecule has 0 radical (unpaired) electrons. The third-order valence-corrected chi connectivity index (χ3v) is 4.34. The van der Waals surface area contributed by atoms with Gasteiger partial charge in [0, 0.05) is 6.42 Å². The van der Waals surface area contributed by atoms with Crippen molar-refractivity contribution in [2.45, 2.75) is 116 Å². The first-order valence-electron chi connectivity index (χ1n) is 9.74. The molecule has 3 N–H and O–H groups in total. The van der Waals surface area contributed by atoms with Gasteiger partial charge in [-0.25, -0.2) is 0 Å². The molecular weight excluding hydrogens is 308 g/mol. The fourth-order valence-electron chi connectivity index (χ4n) is 2.62. The van der Waals surface area contributed by atoms with Gasteiger partial charge in [-0.2, -0.15) is 0 Å². The van der Waals surface area contributed by atoms with Crippen molar-refractivity contribution in [3.8, 4) is 0 Å². The molecule has 0 aliphatic carbocycles. The average Bonchev–Trinajstić information content (AvgIpc) is 2.51. The van der Waals surface area contributed by atoms with Crippen molar-refractivity contribution in [3.05, 3.63) is 0 Å². The monoisotopic (exact) mass is 346 g/mol. The first-order valence-corrected chi connectivity index (χ1v) is 9.74. The van der Waals surface area contributed by atoms with Crippen LogP contribution in [0.5, 0.6) is 0 Å². The number of carbonyl (C=O) groups excluding carboxylic acids is 1. The van der Waals surface area contributed by atoms with Gasteiger partial charge in [0.05, 0.1) is 0 Å². The van der Waals surface area contributed by atoms with Crippen LogP contribution in [0.2, 0.25) is 0 Å². The van der Waals surface area contributed by atoms with Crippen molar-refractivity contribution in [2.75, 3.05) is 0 Å². The zero-order chi connectivity index (χ0) is 18.3. The third-order valence-electron chi connectivity index (χ3n) is 4.34. The maximum atomic E-state index is 11.4. The molecule has 5 nitrogen and oxygen atoms in total. The second-order valence-corrected chi connectivity index (χ2v) is 6.81. The second kappa shape index (κ2) is 14.7. The van der Waals surface area contributed by atoms with Crippen LogP contribution in [-0.2, 0) is 9.53 Å². The summed E-state index contributed by atoms with van der Waals surface area (Å²) >= 11 is 0. The van der Waals surface area contributed by atoms with Gasteiger partial charge in [0.2, 0.25) is 0 Å². The van der Waals surface area contributed by atoms with Crippen molar-refractivity contribution in [1.82, 2.24) is 0 Å². The number of carbonyl (C=O) groups is 1. The number of hydrogen-bond acceptors (Lipinski definition) is 5. The Kier molecular flexibility index (Phi) is 14.3. The van der Waals surface area contributed by atoms with Crippen molar-refractivity contribution in [1.29, 1.82) is 0 Å². The Morgan fingerprint density at radius 3 is 1.54 bits per heavy atom. The van der Waals surface area contributed by atoms with Crippen molar-refractivity contribution < 1.29 is 24.9 Å². The molecular formula is C19H38O5. The molecule has 5 heteroatoms. The Balaban J connectivity index is 3.29. The molecule has 0 spiro atoms. The van der Waals surface area contributed by atoms with Gasteiger partial charge in [-0.1, -0.05) is 84.0 Å². The minimum absolute atomic E-state index is 0.248. The summed E-state index contributed by atoms with van der Waals surface area (Å²) < 4.78 is 4.73. The molecule has 0 aromatic carbocycles. The summed E-state index contributed by atoms with van der Waals surface area (Å²) in [7, 11) is 0. The number of unbranched alkanes of at least 4 members (excludes halogenated alkanes) is 12. The molecule has 0 aliphatic heterocycles. The first-order chi connectivity index (χ1) is 11.4. The van der Waals surface area contributed by atoms with E-state index in [1.54, 1.807) is 0 Å². The van der Waals surface area contributed by atoms with Crippen LogP contribution >= 0.6 is 0 Å². The summed E-state index contributed by atoms with van der Waals surface area (Å²) in [6, 6.07) is 0. The fraction of sp³-hybridized carbons (Fsp3) is 0.947. The lowest BCUT2D eigenvalue weighted by Gasteiger charge is -2.22. The summed E-state index contributed by atoms with van der Waals surface area (Å²) in [5, 5.41) is 26.6. The van der Waals surface area contributed by atoms with Gasteiger partial charge in [0.25, 0.3) is 0 Å². The van der Waals surface area contributed by atoms with Crippen LogP contribution in [0.25, 0.3) is 0 Å². The highest BCUT2D eigenvalue weighted by Crippen LogP contribution is 2.14. The second-order valence-electron chi connectivity index (χ2n) is 6.81. The Labute approximate surface area is 147 Å². The Morgan fingerprint density at radius 1 is 0.792 bits per heavy atom. The van der Waals surface area contributed by atoms with E-state index in [2.05, 4.69) is 6.92 Å². The van der Waals surface area contributed by atoms with E-state index in [0.717, 1.165) is 19.3 Å². The van der Waals surface area contributed by atoms with Gasteiger partial charge in [-0.15, -0.1) is 0 Å². The molecule has 0 heterocycles. The van der Waals surface area contributed by atoms with E-state index in [4.69, 9.17) is 20.1 Å². The summed E-state index contributed by atoms with van der Waals surface area (Å²) in [5.41, 5.74) is 0. The Bertz CT molecular complexity index is 299. The van der Waals surface area contributed by atoms with Crippen molar-refractivity contribution in [3.63, 3.8) is 0 Å². The van der Waals surface area contributed by atoms with Crippen LogP contribution in [0, 0.1) is 0 Å². The summed E-state index contributed by atoms with van der Waals surface area (Å²) in [4.78, 5) is 11.4. The smallest absolute Gasteiger partial charge is 0.314 e. The molecule has 0 aromatic rings. The molecule has 1 atom stereocenters. The number of esters is 1. The zero-order valence-electron chi connectivity index (χ0n) is 15.6. The number of aliphatic hydroxyl groups is 3. The van der Waals surface area contributed by atoms with E-state index >= 15 is 0 Å². The third kappa shape index (κ3) is 14.9. The quantitative estimate of drug-likeness (QED) is 0.223. The van der Waals surface area contributed by atoms with Crippen LogP contribution in [0.3, 0.4) is 0 Å². The van der Waals surface area contributed by atoms with Crippen LogP contribution in [0.1, 0.15) is 104 Å². The highest BCUT2D eigenvalue weighted by Gasteiger charge is 2.31. The predicted molar refractivity (Wildman–Crippen MR) is 95.3 cm³/mol. The van der Waals surface area contributed by atoms with Crippen LogP contribution in [0.15, 0.2) is 0 Å². The average molecular weight is 347 g/mol.